The Kier molecular flexibility index (Phi) is 5.99. The zero-order chi connectivity index (χ0) is 22.1. The van der Waals surface area contributed by atoms with Crippen LogP contribution in [0, 0.1) is 6.92 Å². The Balaban J connectivity index is 1.86. The molecule has 30 heavy (non-hydrogen) atoms. The Hall–Kier alpha value is -3.12. The number of fused-ring (bicyclic) bond motifs is 1. The molecule has 12 heteroatoms. The number of nitrogens with two attached hydrogens (primary N) is 1. The number of hydrogen-bond acceptors (Lipinski definition) is 7. The number of furan rings is 1. The highest BCUT2D eigenvalue weighted by molar-refractivity contribution is 7.09. The third-order valence-corrected chi connectivity index (χ3v) is 4.98. The third kappa shape index (κ3) is 4.39. The van der Waals surface area contributed by atoms with Crippen LogP contribution in [0.2, 0.25) is 0 Å². The van der Waals surface area contributed by atoms with Crippen molar-refractivity contribution in [3.8, 4) is 5.75 Å². The molecule has 2 aromatic heterocycles. The van der Waals surface area contributed by atoms with Gasteiger partial charge >= 0.3 is 6.18 Å². The molecule has 0 saturated heterocycles. The van der Waals surface area contributed by atoms with E-state index in [1.54, 1.807) is 0 Å². The molecular formula is C18H16F3N3O5S. The Labute approximate surface area is 171 Å². The van der Waals surface area contributed by atoms with E-state index in [2.05, 4.69) is 10.3 Å². The highest BCUT2D eigenvalue weighted by Gasteiger charge is 2.36. The van der Waals surface area contributed by atoms with Crippen LogP contribution in [-0.2, 0) is 17.6 Å². The van der Waals surface area contributed by atoms with Gasteiger partial charge in [-0.15, -0.1) is 11.3 Å². The molecular weight excluding hydrogens is 427 g/mol. The topological polar surface area (TPSA) is 128 Å². The van der Waals surface area contributed by atoms with Gasteiger partial charge in [-0.25, -0.2) is 4.98 Å². The summed E-state index contributed by atoms with van der Waals surface area (Å²) in [4.78, 5) is 27.1. The molecule has 0 fully saturated rings. The number of thiazole rings is 1. The van der Waals surface area contributed by atoms with Crippen LogP contribution in [0.25, 0.3) is 11.0 Å². The van der Waals surface area contributed by atoms with Crippen LogP contribution in [-0.4, -0.2) is 34.6 Å². The van der Waals surface area contributed by atoms with Gasteiger partial charge in [-0.05, 0) is 25.1 Å². The van der Waals surface area contributed by atoms with Crippen molar-refractivity contribution in [3.05, 3.63) is 45.6 Å². The number of aliphatic hydroxyl groups is 1. The number of amides is 2. The molecule has 2 heterocycles. The monoisotopic (exact) mass is 443 g/mol. The van der Waals surface area contributed by atoms with E-state index >= 15 is 0 Å². The van der Waals surface area contributed by atoms with Crippen LogP contribution < -0.4 is 15.8 Å². The number of nitrogens with zero attached hydrogens (tertiary/aromatic N) is 1. The fourth-order valence-electron chi connectivity index (χ4n) is 2.76. The number of hydrogen-bond donors (Lipinski definition) is 3. The molecule has 4 N–H and O–H groups in total. The zero-order valence-electron chi connectivity index (χ0n) is 15.4. The van der Waals surface area contributed by atoms with Gasteiger partial charge in [-0.3, -0.25) is 9.59 Å². The van der Waals surface area contributed by atoms with Crippen molar-refractivity contribution < 1.29 is 37.0 Å². The molecule has 0 aliphatic heterocycles. The normalized spacial score (nSPS) is 12.7. The first-order valence-electron chi connectivity index (χ1n) is 8.48. The van der Waals surface area contributed by atoms with Crippen LogP contribution in [0.15, 0.2) is 28.1 Å². The number of ether oxygens (including phenoxy) is 1. The number of rotatable bonds is 7. The summed E-state index contributed by atoms with van der Waals surface area (Å²) < 4.78 is 49.8. The molecule has 1 aromatic carbocycles. The molecule has 0 radical (unpaired) electrons. The number of halogens is 3. The summed E-state index contributed by atoms with van der Waals surface area (Å²) in [5.74, 6) is -1.18. The maximum absolute atomic E-state index is 12.9. The molecule has 3 rings (SSSR count). The summed E-state index contributed by atoms with van der Waals surface area (Å²) >= 11 is 0.817. The minimum absolute atomic E-state index is 0.0869. The summed E-state index contributed by atoms with van der Waals surface area (Å²) in [5.41, 5.74) is 5.61. The fourth-order valence-corrected chi connectivity index (χ4v) is 3.45. The van der Waals surface area contributed by atoms with Crippen LogP contribution in [0.3, 0.4) is 0 Å². The molecule has 1 unspecified atom stereocenters. The van der Waals surface area contributed by atoms with Crippen LogP contribution in [0.4, 0.5) is 13.2 Å². The summed E-state index contributed by atoms with van der Waals surface area (Å²) in [6.07, 6.45) is -4.58. The second-order valence-corrected chi connectivity index (χ2v) is 7.15. The van der Waals surface area contributed by atoms with E-state index < -0.39 is 36.3 Å². The number of aryl methyl sites for hydroxylation is 1. The fraction of sp³-hybridized carbons (Fsp3) is 0.278. The molecule has 2 amide bonds. The van der Waals surface area contributed by atoms with Crippen molar-refractivity contribution in [1.29, 1.82) is 0 Å². The van der Waals surface area contributed by atoms with Gasteiger partial charge in [0.25, 0.3) is 5.91 Å². The Morgan fingerprint density at radius 2 is 2.13 bits per heavy atom. The number of primary amides is 1. The van der Waals surface area contributed by atoms with E-state index in [1.165, 1.54) is 25.1 Å². The Morgan fingerprint density at radius 1 is 1.40 bits per heavy atom. The van der Waals surface area contributed by atoms with Gasteiger partial charge < -0.3 is 25.3 Å². The largest absolute Gasteiger partial charge is 0.488 e. The second-order valence-electron chi connectivity index (χ2n) is 6.21. The van der Waals surface area contributed by atoms with Crippen molar-refractivity contribution in [2.24, 2.45) is 5.73 Å². The van der Waals surface area contributed by atoms with E-state index in [9.17, 15) is 22.8 Å². The molecule has 0 aliphatic carbocycles. The van der Waals surface area contributed by atoms with E-state index in [4.69, 9.17) is 20.0 Å². The average molecular weight is 443 g/mol. The number of aromatic nitrogens is 1. The first-order valence-corrected chi connectivity index (χ1v) is 9.36. The molecule has 0 saturated carbocycles. The zero-order valence-corrected chi connectivity index (χ0v) is 16.3. The van der Waals surface area contributed by atoms with Crippen molar-refractivity contribution >= 4 is 34.1 Å². The number of nitrogens with one attached hydrogen (secondary N) is 1. The Bertz CT molecular complexity index is 1090. The molecule has 0 bridgehead atoms. The lowest BCUT2D eigenvalue weighted by atomic mass is 10.1. The molecule has 8 nitrogen and oxygen atoms in total. The standard InChI is InChI=1S/C18H16F3N3O5S/c1-8-14(17(27)24-11(5-25)16(22)26)10-4-9(2-3-12(10)29-8)28-6-13-15(18(19,20)21)23-7-30-13/h2-4,7,11,25H,5-6H2,1H3,(H2,22,26)(H,24,27). The van der Waals surface area contributed by atoms with Crippen molar-refractivity contribution in [2.45, 2.75) is 25.7 Å². The van der Waals surface area contributed by atoms with Gasteiger partial charge in [0, 0.05) is 5.39 Å². The third-order valence-electron chi connectivity index (χ3n) is 4.17. The van der Waals surface area contributed by atoms with E-state index in [-0.39, 0.29) is 28.6 Å². The number of aliphatic hydroxyl groups excluding tert-OH is 1. The summed E-state index contributed by atoms with van der Waals surface area (Å²) in [6.45, 7) is 0.485. The van der Waals surface area contributed by atoms with E-state index in [0.29, 0.717) is 11.0 Å². The van der Waals surface area contributed by atoms with Gasteiger partial charge in [0.15, 0.2) is 5.69 Å². The molecule has 0 aliphatic rings. The molecule has 0 spiro atoms. The number of carbonyl (C=O) groups is 2. The molecule has 1 atom stereocenters. The van der Waals surface area contributed by atoms with Crippen molar-refractivity contribution in [3.63, 3.8) is 0 Å². The van der Waals surface area contributed by atoms with E-state index in [0.717, 1.165) is 16.8 Å². The van der Waals surface area contributed by atoms with Crippen molar-refractivity contribution in [1.82, 2.24) is 10.3 Å². The maximum Gasteiger partial charge on any atom is 0.434 e. The smallest absolute Gasteiger partial charge is 0.434 e. The second kappa shape index (κ2) is 8.32. The SMILES string of the molecule is Cc1oc2ccc(OCc3scnc3C(F)(F)F)cc2c1C(=O)NC(CO)C(N)=O. The van der Waals surface area contributed by atoms with Crippen molar-refractivity contribution in [2.75, 3.05) is 6.61 Å². The average Bonchev–Trinajstić information content (AvgIpc) is 3.27. The highest BCUT2D eigenvalue weighted by atomic mass is 32.1. The predicted molar refractivity (Wildman–Crippen MR) is 99.9 cm³/mol. The summed E-state index contributed by atoms with van der Waals surface area (Å²) in [5, 5.41) is 11.8. The van der Waals surface area contributed by atoms with Crippen LogP contribution in [0.5, 0.6) is 5.75 Å². The number of alkyl halides is 3. The molecule has 3 aromatic rings. The Morgan fingerprint density at radius 3 is 2.77 bits per heavy atom. The summed E-state index contributed by atoms with van der Waals surface area (Å²) in [6, 6.07) is 3.14. The lowest BCUT2D eigenvalue weighted by Crippen LogP contribution is -2.46. The number of carbonyl (C=O) groups excluding carboxylic acids is 2. The van der Waals surface area contributed by atoms with Gasteiger partial charge in [0.1, 0.15) is 29.7 Å². The maximum atomic E-state index is 12.9. The quantitative estimate of drug-likeness (QED) is 0.515. The van der Waals surface area contributed by atoms with Crippen LogP contribution in [0.1, 0.15) is 26.7 Å². The highest BCUT2D eigenvalue weighted by Crippen LogP contribution is 2.34. The lowest BCUT2D eigenvalue weighted by molar-refractivity contribution is -0.141. The molecule has 160 valence electrons. The van der Waals surface area contributed by atoms with Gasteiger partial charge in [-0.1, -0.05) is 0 Å². The van der Waals surface area contributed by atoms with Gasteiger partial charge in [0.05, 0.1) is 22.6 Å². The van der Waals surface area contributed by atoms with Crippen LogP contribution >= 0.6 is 11.3 Å². The van der Waals surface area contributed by atoms with E-state index in [1.807, 2.05) is 0 Å². The van der Waals surface area contributed by atoms with Gasteiger partial charge in [-0.2, -0.15) is 13.2 Å². The summed E-state index contributed by atoms with van der Waals surface area (Å²) in [7, 11) is 0. The first-order chi connectivity index (χ1) is 14.1. The predicted octanol–water partition coefficient (Wildman–Crippen LogP) is 2.37. The lowest BCUT2D eigenvalue weighted by Gasteiger charge is -2.12. The first kappa shape index (κ1) is 21.6. The number of benzene rings is 1. The van der Waals surface area contributed by atoms with Gasteiger partial charge in [0.2, 0.25) is 5.91 Å². The minimum atomic E-state index is -4.58. The minimum Gasteiger partial charge on any atom is -0.488 e.